The zero-order valence-corrected chi connectivity index (χ0v) is 12.1. The Bertz CT molecular complexity index is 520. The smallest absolute Gasteiger partial charge is 0.304 e. The first-order valence-corrected chi connectivity index (χ1v) is 6.72. The number of hydrogen-bond acceptors (Lipinski definition) is 2. The number of aromatic hydroxyl groups is 1. The van der Waals surface area contributed by atoms with Crippen LogP contribution in [0.25, 0.3) is 0 Å². The fourth-order valence-electron chi connectivity index (χ4n) is 2.67. The van der Waals surface area contributed by atoms with Crippen LogP contribution in [-0.2, 0) is 15.6 Å². The van der Waals surface area contributed by atoms with E-state index in [9.17, 15) is 9.90 Å². The van der Waals surface area contributed by atoms with Crippen molar-refractivity contribution in [3.8, 4) is 5.75 Å². The molecule has 0 amide bonds. The Morgan fingerprint density at radius 1 is 1.32 bits per heavy atom. The Balaban J connectivity index is 2.49. The molecule has 2 rings (SSSR count). The molecule has 0 atom stereocenters. The molecule has 3 heteroatoms. The molecule has 0 saturated heterocycles. The summed E-state index contributed by atoms with van der Waals surface area (Å²) in [5.41, 5.74) is 2.45. The van der Waals surface area contributed by atoms with Gasteiger partial charge in [-0.15, -0.1) is 0 Å². The third-order valence-corrected chi connectivity index (χ3v) is 4.06. The summed E-state index contributed by atoms with van der Waals surface area (Å²) in [6.45, 7) is 8.05. The van der Waals surface area contributed by atoms with E-state index < -0.39 is 5.97 Å². The first-order valence-electron chi connectivity index (χ1n) is 6.72. The highest BCUT2D eigenvalue weighted by molar-refractivity contribution is 5.70. The SMILES string of the molecule is Cc1cc(C2(CC(=O)O)CC2)cc(C(C)(C)C)c1O. The van der Waals surface area contributed by atoms with Crippen molar-refractivity contribution in [1.29, 1.82) is 0 Å². The Labute approximate surface area is 114 Å². The van der Waals surface area contributed by atoms with E-state index in [4.69, 9.17) is 5.11 Å². The highest BCUT2D eigenvalue weighted by Gasteiger charge is 2.46. The van der Waals surface area contributed by atoms with Crippen molar-refractivity contribution in [2.75, 3.05) is 0 Å². The topological polar surface area (TPSA) is 57.5 Å². The maximum atomic E-state index is 11.0. The minimum atomic E-state index is -0.750. The van der Waals surface area contributed by atoms with E-state index >= 15 is 0 Å². The van der Waals surface area contributed by atoms with Crippen LogP contribution in [-0.4, -0.2) is 16.2 Å². The minimum absolute atomic E-state index is 0.149. The van der Waals surface area contributed by atoms with E-state index in [1.165, 1.54) is 0 Å². The molecule has 0 heterocycles. The lowest BCUT2D eigenvalue weighted by Gasteiger charge is -2.24. The second-order valence-electron chi connectivity index (χ2n) is 6.79. The van der Waals surface area contributed by atoms with Crippen LogP contribution >= 0.6 is 0 Å². The average Bonchev–Trinajstić information content (AvgIpc) is 3.00. The molecule has 0 bridgehead atoms. The van der Waals surface area contributed by atoms with Crippen LogP contribution in [0.15, 0.2) is 12.1 Å². The van der Waals surface area contributed by atoms with Crippen LogP contribution < -0.4 is 0 Å². The van der Waals surface area contributed by atoms with Gasteiger partial charge in [0.15, 0.2) is 0 Å². The monoisotopic (exact) mass is 262 g/mol. The Morgan fingerprint density at radius 2 is 1.89 bits per heavy atom. The molecule has 1 saturated carbocycles. The summed E-state index contributed by atoms with van der Waals surface area (Å²) in [5, 5.41) is 19.3. The molecule has 0 aromatic heterocycles. The number of phenols is 1. The lowest BCUT2D eigenvalue weighted by molar-refractivity contribution is -0.137. The van der Waals surface area contributed by atoms with Gasteiger partial charge in [0, 0.05) is 5.41 Å². The molecule has 1 aromatic rings. The van der Waals surface area contributed by atoms with E-state index in [2.05, 4.69) is 20.8 Å². The number of aliphatic carboxylic acids is 1. The second-order valence-corrected chi connectivity index (χ2v) is 6.79. The number of hydrogen-bond donors (Lipinski definition) is 2. The molecule has 1 fully saturated rings. The molecule has 0 unspecified atom stereocenters. The van der Waals surface area contributed by atoms with Crippen molar-refractivity contribution in [3.05, 3.63) is 28.8 Å². The van der Waals surface area contributed by atoms with Gasteiger partial charge in [0.2, 0.25) is 0 Å². The Hall–Kier alpha value is -1.51. The van der Waals surface area contributed by atoms with Gasteiger partial charge in [0.25, 0.3) is 0 Å². The van der Waals surface area contributed by atoms with Gasteiger partial charge < -0.3 is 10.2 Å². The molecule has 19 heavy (non-hydrogen) atoms. The van der Waals surface area contributed by atoms with Crippen LogP contribution in [0.2, 0.25) is 0 Å². The normalized spacial score (nSPS) is 17.3. The number of aryl methyl sites for hydroxylation is 1. The van der Waals surface area contributed by atoms with Crippen molar-refractivity contribution in [1.82, 2.24) is 0 Å². The van der Waals surface area contributed by atoms with Gasteiger partial charge in [-0.2, -0.15) is 0 Å². The molecule has 3 nitrogen and oxygen atoms in total. The maximum Gasteiger partial charge on any atom is 0.304 e. The Morgan fingerprint density at radius 3 is 2.32 bits per heavy atom. The minimum Gasteiger partial charge on any atom is -0.507 e. The molecule has 1 aliphatic rings. The zero-order chi connectivity index (χ0) is 14.4. The van der Waals surface area contributed by atoms with Crippen molar-refractivity contribution in [2.45, 2.75) is 57.8 Å². The van der Waals surface area contributed by atoms with E-state index in [0.717, 1.165) is 29.5 Å². The summed E-state index contributed by atoms with van der Waals surface area (Å²) in [5.74, 6) is -0.414. The number of rotatable bonds is 3. The first-order chi connectivity index (χ1) is 8.66. The molecule has 0 spiro atoms. The lowest BCUT2D eigenvalue weighted by Crippen LogP contribution is -2.17. The zero-order valence-electron chi connectivity index (χ0n) is 12.1. The number of carboxylic acids is 1. The summed E-state index contributed by atoms with van der Waals surface area (Å²) < 4.78 is 0. The van der Waals surface area contributed by atoms with Gasteiger partial charge >= 0.3 is 5.97 Å². The molecule has 0 aliphatic heterocycles. The number of benzene rings is 1. The third-order valence-electron chi connectivity index (χ3n) is 4.06. The number of carbonyl (C=O) groups is 1. The third kappa shape index (κ3) is 2.60. The molecular weight excluding hydrogens is 240 g/mol. The van der Waals surface area contributed by atoms with Gasteiger partial charge in [-0.3, -0.25) is 4.79 Å². The van der Waals surface area contributed by atoms with Crippen LogP contribution in [0.5, 0.6) is 5.75 Å². The summed E-state index contributed by atoms with van der Waals surface area (Å²) in [4.78, 5) is 11.0. The number of phenolic OH excluding ortho intramolecular Hbond substituents is 1. The molecule has 2 N–H and O–H groups in total. The molecular formula is C16H22O3. The van der Waals surface area contributed by atoms with Crippen molar-refractivity contribution >= 4 is 5.97 Å². The summed E-state index contributed by atoms with van der Waals surface area (Å²) in [7, 11) is 0. The van der Waals surface area contributed by atoms with Crippen LogP contribution in [0.4, 0.5) is 0 Å². The fourth-order valence-corrected chi connectivity index (χ4v) is 2.67. The van der Waals surface area contributed by atoms with Crippen molar-refractivity contribution in [3.63, 3.8) is 0 Å². The predicted octanol–water partition coefficient (Wildman–Crippen LogP) is 3.50. The van der Waals surface area contributed by atoms with Crippen LogP contribution in [0.1, 0.15) is 56.7 Å². The van der Waals surface area contributed by atoms with Gasteiger partial charge in [-0.1, -0.05) is 32.9 Å². The van der Waals surface area contributed by atoms with Gasteiger partial charge in [0.05, 0.1) is 6.42 Å². The van der Waals surface area contributed by atoms with E-state index in [1.807, 2.05) is 19.1 Å². The maximum absolute atomic E-state index is 11.0. The fraction of sp³-hybridized carbons (Fsp3) is 0.562. The molecule has 1 aliphatic carbocycles. The summed E-state index contributed by atoms with van der Waals surface area (Å²) in [6.07, 6.45) is 2.03. The lowest BCUT2D eigenvalue weighted by atomic mass is 9.81. The van der Waals surface area contributed by atoms with Crippen molar-refractivity contribution < 1.29 is 15.0 Å². The van der Waals surface area contributed by atoms with Crippen molar-refractivity contribution in [2.24, 2.45) is 0 Å². The van der Waals surface area contributed by atoms with E-state index in [1.54, 1.807) is 0 Å². The highest BCUT2D eigenvalue weighted by Crippen LogP contribution is 2.52. The standard InChI is InChI=1S/C16H22O3/c1-10-7-11(16(5-6-16)9-13(17)18)8-12(14(10)19)15(2,3)4/h7-8,19H,5-6,9H2,1-4H3,(H,17,18). The molecule has 0 radical (unpaired) electrons. The van der Waals surface area contributed by atoms with E-state index in [-0.39, 0.29) is 17.3 Å². The average molecular weight is 262 g/mol. The summed E-state index contributed by atoms with van der Waals surface area (Å²) in [6, 6.07) is 3.94. The highest BCUT2D eigenvalue weighted by atomic mass is 16.4. The summed E-state index contributed by atoms with van der Waals surface area (Å²) >= 11 is 0. The first kappa shape index (κ1) is 13.9. The molecule has 1 aromatic carbocycles. The number of carboxylic acid groups (broad SMARTS) is 1. The van der Waals surface area contributed by atoms with E-state index in [0.29, 0.717) is 5.75 Å². The molecule has 104 valence electrons. The van der Waals surface area contributed by atoms with Gasteiger partial charge in [-0.25, -0.2) is 0 Å². The van der Waals surface area contributed by atoms with Crippen LogP contribution in [0.3, 0.4) is 0 Å². The van der Waals surface area contributed by atoms with Gasteiger partial charge in [0.1, 0.15) is 5.75 Å². The largest absolute Gasteiger partial charge is 0.507 e. The Kier molecular flexibility index (Phi) is 3.12. The van der Waals surface area contributed by atoms with Crippen LogP contribution in [0, 0.1) is 6.92 Å². The quantitative estimate of drug-likeness (QED) is 0.876. The van der Waals surface area contributed by atoms with Gasteiger partial charge in [-0.05, 0) is 41.9 Å². The predicted molar refractivity (Wildman–Crippen MR) is 74.7 cm³/mol. The second kappa shape index (κ2) is 4.26.